The summed E-state index contributed by atoms with van der Waals surface area (Å²) in [6, 6.07) is -0.892. The lowest BCUT2D eigenvalue weighted by Crippen LogP contribution is -2.54. The van der Waals surface area contributed by atoms with Crippen molar-refractivity contribution in [3.05, 3.63) is 0 Å². The maximum atomic E-state index is 12.9. The zero-order valence-electron chi connectivity index (χ0n) is 18.0. The Bertz CT molecular complexity index is 770. The predicted molar refractivity (Wildman–Crippen MR) is 112 cm³/mol. The Morgan fingerprint density at radius 3 is 2.40 bits per heavy atom. The van der Waals surface area contributed by atoms with Crippen molar-refractivity contribution in [2.75, 3.05) is 31.9 Å². The average Bonchev–Trinajstić information content (AvgIpc) is 3.09. The van der Waals surface area contributed by atoms with E-state index in [1.807, 2.05) is 0 Å². The molecule has 2 heterocycles. The van der Waals surface area contributed by atoms with E-state index in [1.54, 1.807) is 18.7 Å². The fraction of sp³-hybridized carbons (Fsp3) is 0.850. The van der Waals surface area contributed by atoms with Crippen molar-refractivity contribution in [2.45, 2.75) is 70.4 Å². The number of rotatable bonds is 5. The molecule has 2 aliphatic heterocycles. The molecule has 10 heteroatoms. The van der Waals surface area contributed by atoms with Crippen LogP contribution in [-0.4, -0.2) is 78.9 Å². The van der Waals surface area contributed by atoms with Gasteiger partial charge in [-0.2, -0.15) is 4.31 Å². The minimum Gasteiger partial charge on any atom is -0.348 e. The van der Waals surface area contributed by atoms with Crippen molar-refractivity contribution in [1.29, 1.82) is 0 Å². The minimum absolute atomic E-state index is 0.0295. The molecule has 0 aromatic heterocycles. The molecule has 3 rings (SSSR count). The third-order valence-electron chi connectivity index (χ3n) is 6.76. The molecule has 1 saturated carbocycles. The number of amides is 3. The Kier molecular flexibility index (Phi) is 7.06. The van der Waals surface area contributed by atoms with Gasteiger partial charge in [0.1, 0.15) is 6.04 Å². The Hall–Kier alpha value is -1.68. The van der Waals surface area contributed by atoms with E-state index in [2.05, 4.69) is 10.6 Å². The molecule has 1 spiro atoms. The molecule has 2 N–H and O–H groups in total. The van der Waals surface area contributed by atoms with E-state index in [0.29, 0.717) is 13.1 Å². The first-order valence-corrected chi connectivity index (χ1v) is 12.6. The van der Waals surface area contributed by atoms with Crippen LogP contribution in [0.4, 0.5) is 0 Å². The van der Waals surface area contributed by atoms with Crippen LogP contribution in [0.5, 0.6) is 0 Å². The summed E-state index contributed by atoms with van der Waals surface area (Å²) >= 11 is 0. The monoisotopic (exact) mass is 442 g/mol. The lowest BCUT2D eigenvalue weighted by atomic mass is 9.93. The topological polar surface area (TPSA) is 116 Å². The normalized spacial score (nSPS) is 25.7. The summed E-state index contributed by atoms with van der Waals surface area (Å²) in [5.74, 6) is -0.373. The largest absolute Gasteiger partial charge is 0.348 e. The SMILES string of the molecule is CCS(=O)(=O)N1CC(NC(=O)CC2CCN(C(C)=O)CC2)C(=O)NC2(CCCC2)C1. The molecule has 3 aliphatic rings. The summed E-state index contributed by atoms with van der Waals surface area (Å²) in [6.45, 7) is 4.66. The number of carbonyl (C=O) groups excluding carboxylic acids is 3. The number of hydrogen-bond donors (Lipinski definition) is 2. The lowest BCUT2D eigenvalue weighted by Gasteiger charge is -2.32. The van der Waals surface area contributed by atoms with Crippen LogP contribution in [0.2, 0.25) is 0 Å². The number of nitrogens with zero attached hydrogens (tertiary/aromatic N) is 2. The molecule has 0 aromatic rings. The van der Waals surface area contributed by atoms with E-state index in [9.17, 15) is 22.8 Å². The molecular weight excluding hydrogens is 408 g/mol. The van der Waals surface area contributed by atoms with Gasteiger partial charge in [0.2, 0.25) is 27.7 Å². The van der Waals surface area contributed by atoms with E-state index in [1.165, 1.54) is 4.31 Å². The summed E-state index contributed by atoms with van der Waals surface area (Å²) < 4.78 is 26.6. The predicted octanol–water partition coefficient (Wildman–Crippen LogP) is 0.214. The summed E-state index contributed by atoms with van der Waals surface area (Å²) in [5.41, 5.74) is -0.529. The van der Waals surface area contributed by atoms with Crippen molar-refractivity contribution < 1.29 is 22.8 Å². The van der Waals surface area contributed by atoms with E-state index < -0.39 is 21.6 Å². The van der Waals surface area contributed by atoms with Gasteiger partial charge >= 0.3 is 0 Å². The van der Waals surface area contributed by atoms with Gasteiger partial charge in [-0.25, -0.2) is 8.42 Å². The van der Waals surface area contributed by atoms with Crippen molar-refractivity contribution >= 4 is 27.7 Å². The maximum absolute atomic E-state index is 12.9. The molecule has 30 heavy (non-hydrogen) atoms. The first-order valence-electron chi connectivity index (χ1n) is 11.0. The molecule has 0 bridgehead atoms. The van der Waals surface area contributed by atoms with Crippen molar-refractivity contribution in [3.8, 4) is 0 Å². The second-order valence-corrected chi connectivity index (χ2v) is 11.2. The van der Waals surface area contributed by atoms with E-state index >= 15 is 0 Å². The Balaban J connectivity index is 1.64. The number of hydrogen-bond acceptors (Lipinski definition) is 5. The molecule has 170 valence electrons. The van der Waals surface area contributed by atoms with Gasteiger partial charge in [0.05, 0.1) is 11.3 Å². The van der Waals surface area contributed by atoms with Crippen LogP contribution in [0.15, 0.2) is 0 Å². The lowest BCUT2D eigenvalue weighted by molar-refractivity contribution is -0.131. The van der Waals surface area contributed by atoms with Crippen LogP contribution >= 0.6 is 0 Å². The Labute approximate surface area is 179 Å². The molecule has 1 aliphatic carbocycles. The first kappa shape index (κ1) is 23.0. The first-order chi connectivity index (χ1) is 14.1. The summed E-state index contributed by atoms with van der Waals surface area (Å²) in [7, 11) is -3.49. The highest BCUT2D eigenvalue weighted by atomic mass is 32.2. The van der Waals surface area contributed by atoms with E-state index in [0.717, 1.165) is 38.5 Å². The highest BCUT2D eigenvalue weighted by Gasteiger charge is 2.45. The zero-order valence-corrected chi connectivity index (χ0v) is 18.8. The summed E-state index contributed by atoms with van der Waals surface area (Å²) in [4.78, 5) is 38.8. The number of carbonyl (C=O) groups is 3. The number of likely N-dealkylation sites (tertiary alicyclic amines) is 1. The number of piperidine rings is 1. The molecule has 0 aromatic carbocycles. The molecule has 3 amide bonds. The van der Waals surface area contributed by atoms with Gasteiger partial charge in [-0.3, -0.25) is 14.4 Å². The molecule has 9 nitrogen and oxygen atoms in total. The quantitative estimate of drug-likeness (QED) is 0.632. The van der Waals surface area contributed by atoms with Gasteiger partial charge in [-0.1, -0.05) is 12.8 Å². The van der Waals surface area contributed by atoms with Gasteiger partial charge in [-0.15, -0.1) is 0 Å². The maximum Gasteiger partial charge on any atom is 0.244 e. The third kappa shape index (κ3) is 5.32. The smallest absolute Gasteiger partial charge is 0.244 e. The van der Waals surface area contributed by atoms with E-state index in [-0.39, 0.29) is 48.9 Å². The Morgan fingerprint density at radius 1 is 1.20 bits per heavy atom. The molecule has 0 radical (unpaired) electrons. The van der Waals surface area contributed by atoms with Gasteiger partial charge < -0.3 is 15.5 Å². The van der Waals surface area contributed by atoms with Crippen LogP contribution in [0.1, 0.15) is 58.8 Å². The standard InChI is InChI=1S/C20H34N4O5S/c1-3-30(28,29)24-13-17(19(27)22-20(14-24)8-4-5-9-20)21-18(26)12-16-6-10-23(11-7-16)15(2)25/h16-17H,3-14H2,1-2H3,(H,21,26)(H,22,27). The minimum atomic E-state index is -3.49. The van der Waals surface area contributed by atoms with Gasteiger partial charge in [0, 0.05) is 39.5 Å². The third-order valence-corrected chi connectivity index (χ3v) is 8.55. The fourth-order valence-corrected chi connectivity index (χ4v) is 6.07. The summed E-state index contributed by atoms with van der Waals surface area (Å²) in [5, 5.41) is 5.84. The molecule has 1 atom stereocenters. The van der Waals surface area contributed by atoms with Crippen LogP contribution in [0.3, 0.4) is 0 Å². The van der Waals surface area contributed by atoms with Crippen LogP contribution < -0.4 is 10.6 Å². The Morgan fingerprint density at radius 2 is 1.83 bits per heavy atom. The second-order valence-electron chi connectivity index (χ2n) is 8.94. The van der Waals surface area contributed by atoms with Crippen molar-refractivity contribution in [3.63, 3.8) is 0 Å². The van der Waals surface area contributed by atoms with Gasteiger partial charge in [0.25, 0.3) is 0 Å². The molecular formula is C20H34N4O5S. The number of sulfonamides is 1. The van der Waals surface area contributed by atoms with Crippen molar-refractivity contribution in [1.82, 2.24) is 19.8 Å². The van der Waals surface area contributed by atoms with Crippen LogP contribution in [0, 0.1) is 5.92 Å². The van der Waals surface area contributed by atoms with Crippen LogP contribution in [-0.2, 0) is 24.4 Å². The molecule has 2 saturated heterocycles. The van der Waals surface area contributed by atoms with Gasteiger partial charge in [-0.05, 0) is 38.5 Å². The zero-order chi connectivity index (χ0) is 21.9. The van der Waals surface area contributed by atoms with Crippen LogP contribution in [0.25, 0.3) is 0 Å². The summed E-state index contributed by atoms with van der Waals surface area (Å²) in [6.07, 6.45) is 5.20. The highest BCUT2D eigenvalue weighted by molar-refractivity contribution is 7.89. The number of nitrogens with one attached hydrogen (secondary N) is 2. The molecule has 3 fully saturated rings. The molecule has 1 unspecified atom stereocenters. The van der Waals surface area contributed by atoms with E-state index in [4.69, 9.17) is 0 Å². The van der Waals surface area contributed by atoms with Gasteiger partial charge in [0.15, 0.2) is 0 Å². The van der Waals surface area contributed by atoms with Crippen molar-refractivity contribution in [2.24, 2.45) is 5.92 Å². The second kappa shape index (κ2) is 9.21. The fourth-order valence-electron chi connectivity index (χ4n) is 4.88. The average molecular weight is 443 g/mol. The highest BCUT2D eigenvalue weighted by Crippen LogP contribution is 2.33.